The van der Waals surface area contributed by atoms with E-state index < -0.39 is 0 Å². The summed E-state index contributed by atoms with van der Waals surface area (Å²) in [6.45, 7) is 0. The highest BCUT2D eigenvalue weighted by Crippen LogP contribution is 1.61. The molecule has 0 bridgehead atoms. The first-order valence-corrected chi connectivity index (χ1v) is 2.02. The Labute approximate surface area is 46.8 Å². The lowest BCUT2D eigenvalue weighted by molar-refractivity contribution is -0.115. The van der Waals surface area contributed by atoms with Gasteiger partial charge in [0, 0.05) is 18.3 Å². The maximum Gasteiger partial charge on any atom is 0.296 e. The average molecular weight is 118 g/mol. The van der Waals surface area contributed by atoms with Crippen LogP contribution in [-0.4, -0.2) is 13.0 Å². The molecule has 0 aliphatic rings. The van der Waals surface area contributed by atoms with Gasteiger partial charge in [0.1, 0.15) is 0 Å². The molecule has 0 aliphatic carbocycles. The van der Waals surface area contributed by atoms with Gasteiger partial charge < -0.3 is 5.32 Å². The summed E-state index contributed by atoms with van der Waals surface area (Å²) in [5.41, 5.74) is 0. The van der Waals surface area contributed by atoms with Gasteiger partial charge in [-0.3, -0.25) is 4.79 Å². The maximum absolute atomic E-state index is 10.0. The minimum Gasteiger partial charge on any atom is -0.348 e. The monoisotopic (exact) mass is 117 g/mol. The third-order valence-electron chi connectivity index (χ3n) is 0.388. The molecule has 0 saturated heterocycles. The molecule has 0 aromatic heterocycles. The van der Waals surface area contributed by atoms with Gasteiger partial charge in [0.15, 0.2) is 0 Å². The molecule has 0 atom stereocenters. The third kappa shape index (κ3) is 3.14. The van der Waals surface area contributed by atoms with Crippen LogP contribution in [0.4, 0.5) is 0 Å². The van der Waals surface area contributed by atoms with Crippen molar-refractivity contribution in [2.24, 2.45) is 0 Å². The lowest BCUT2D eigenvalue weighted by Crippen LogP contribution is -2.14. The summed E-state index contributed by atoms with van der Waals surface area (Å²) in [5, 5.41) is 4.20. The zero-order chi connectivity index (χ0) is 5.70. The van der Waals surface area contributed by atoms with Gasteiger partial charge >= 0.3 is 0 Å². The van der Waals surface area contributed by atoms with Crippen molar-refractivity contribution >= 4 is 17.5 Å². The number of carbonyl (C=O) groups is 1. The van der Waals surface area contributed by atoms with Gasteiger partial charge in [-0.25, -0.2) is 0 Å². The van der Waals surface area contributed by atoms with Crippen molar-refractivity contribution in [3.63, 3.8) is 0 Å². The van der Waals surface area contributed by atoms with Crippen molar-refractivity contribution in [2.45, 2.75) is 0 Å². The smallest absolute Gasteiger partial charge is 0.296 e. The van der Waals surface area contributed by atoms with Crippen LogP contribution in [0.25, 0.3) is 0 Å². The van der Waals surface area contributed by atoms with Gasteiger partial charge in [-0.2, -0.15) is 0 Å². The van der Waals surface area contributed by atoms with Gasteiger partial charge in [-0.1, -0.05) is 0 Å². The molecule has 38 valence electrons. The molecule has 7 heavy (non-hydrogen) atoms. The van der Waals surface area contributed by atoms with Crippen molar-refractivity contribution in [1.29, 1.82) is 0 Å². The molecule has 0 spiro atoms. The molecule has 3 heteroatoms. The number of hydrogen-bond acceptors (Lipinski definition) is 1. The van der Waals surface area contributed by atoms with Crippen LogP contribution in [0.3, 0.4) is 0 Å². The van der Waals surface area contributed by atoms with Crippen LogP contribution >= 0.6 is 11.6 Å². The largest absolute Gasteiger partial charge is 0.348 e. The summed E-state index contributed by atoms with van der Waals surface area (Å²) >= 11 is 4.85. The average Bonchev–Trinajstić information content (AvgIpc) is 1.68. The van der Waals surface area contributed by atoms with Gasteiger partial charge in [0.25, 0.3) is 5.91 Å². The van der Waals surface area contributed by atoms with Gasteiger partial charge in [-0.05, 0) is 11.6 Å². The Morgan fingerprint density at radius 3 is 2.57 bits per heavy atom. The molecule has 0 unspecified atom stereocenters. The Bertz CT molecular complexity index is 121. The number of rotatable bonds is 0. The van der Waals surface area contributed by atoms with E-state index in [-0.39, 0.29) is 5.91 Å². The zero-order valence-electron chi connectivity index (χ0n) is 3.79. The van der Waals surface area contributed by atoms with Crippen LogP contribution < -0.4 is 5.32 Å². The summed E-state index contributed by atoms with van der Waals surface area (Å²) in [4.78, 5) is 10.0. The molecule has 0 heterocycles. The van der Waals surface area contributed by atoms with E-state index in [2.05, 4.69) is 11.2 Å². The van der Waals surface area contributed by atoms with Gasteiger partial charge in [0.2, 0.25) is 0 Å². The first kappa shape index (κ1) is 6.32. The maximum atomic E-state index is 10.0. The molecule has 0 aliphatic heterocycles. The second-order valence-electron chi connectivity index (χ2n) is 0.799. The van der Waals surface area contributed by atoms with E-state index in [1.807, 2.05) is 5.38 Å². The van der Waals surface area contributed by atoms with Crippen molar-refractivity contribution in [3.8, 4) is 11.3 Å². The highest BCUT2D eigenvalue weighted by Gasteiger charge is 1.81. The minimum atomic E-state index is -0.366. The first-order chi connectivity index (χ1) is 3.31. The lowest BCUT2D eigenvalue weighted by atomic mass is 10.6. The number of nitrogens with one attached hydrogen (secondary N) is 1. The second-order valence-corrected chi connectivity index (χ2v) is 0.988. The Hall–Kier alpha value is -0.680. The predicted molar refractivity (Wildman–Crippen MR) is 27.7 cm³/mol. The van der Waals surface area contributed by atoms with Crippen LogP contribution in [0.1, 0.15) is 0 Å². The van der Waals surface area contributed by atoms with E-state index >= 15 is 0 Å². The first-order valence-electron chi connectivity index (χ1n) is 1.64. The molecular formula is C4H4ClNO. The Morgan fingerprint density at radius 2 is 2.43 bits per heavy atom. The van der Waals surface area contributed by atoms with Crippen LogP contribution in [0.5, 0.6) is 0 Å². The van der Waals surface area contributed by atoms with E-state index in [1.54, 1.807) is 0 Å². The topological polar surface area (TPSA) is 29.1 Å². The minimum absolute atomic E-state index is 0.366. The van der Waals surface area contributed by atoms with E-state index in [0.717, 1.165) is 0 Å². The van der Waals surface area contributed by atoms with Crippen molar-refractivity contribution < 1.29 is 4.79 Å². The number of amides is 1. The number of carbonyl (C=O) groups excluding carboxylic acids is 1. The summed E-state index contributed by atoms with van der Waals surface area (Å²) in [7, 11) is 1.49. The molecule has 1 N–H and O–H groups in total. The molecule has 2 nitrogen and oxygen atoms in total. The van der Waals surface area contributed by atoms with Crippen LogP contribution in [0, 0.1) is 11.3 Å². The fourth-order valence-electron chi connectivity index (χ4n) is 0.105. The van der Waals surface area contributed by atoms with E-state index in [9.17, 15) is 4.79 Å². The molecule has 0 aromatic rings. The van der Waals surface area contributed by atoms with E-state index in [1.165, 1.54) is 7.05 Å². The molecule has 0 radical (unpaired) electrons. The van der Waals surface area contributed by atoms with Gasteiger partial charge in [0.05, 0.1) is 0 Å². The highest BCUT2D eigenvalue weighted by atomic mass is 35.5. The quantitative estimate of drug-likeness (QED) is 0.443. The van der Waals surface area contributed by atoms with Crippen LogP contribution in [0.15, 0.2) is 0 Å². The fraction of sp³-hybridized carbons (Fsp3) is 0.250. The summed E-state index contributed by atoms with van der Waals surface area (Å²) in [5.74, 6) is 1.69. The number of hydrogen-bond donors (Lipinski definition) is 1. The van der Waals surface area contributed by atoms with E-state index in [0.29, 0.717) is 0 Å². The Balaban J connectivity index is 3.52. The van der Waals surface area contributed by atoms with Gasteiger partial charge in [-0.15, -0.1) is 0 Å². The van der Waals surface area contributed by atoms with Crippen LogP contribution in [-0.2, 0) is 4.79 Å². The third-order valence-corrected chi connectivity index (χ3v) is 0.482. The fourth-order valence-corrected chi connectivity index (χ4v) is 0.191. The molecular weight excluding hydrogens is 114 g/mol. The molecule has 0 saturated carbocycles. The molecule has 1 amide bonds. The Kier molecular flexibility index (Phi) is 3.17. The lowest BCUT2D eigenvalue weighted by Gasteiger charge is -1.80. The van der Waals surface area contributed by atoms with Crippen LogP contribution in [0.2, 0.25) is 0 Å². The summed E-state index contributed by atoms with van der Waals surface area (Å²) in [6.07, 6.45) is 0. The van der Waals surface area contributed by atoms with Crippen molar-refractivity contribution in [2.75, 3.05) is 7.05 Å². The number of halogens is 1. The van der Waals surface area contributed by atoms with Crippen molar-refractivity contribution in [1.82, 2.24) is 5.32 Å². The van der Waals surface area contributed by atoms with Crippen molar-refractivity contribution in [3.05, 3.63) is 0 Å². The second kappa shape index (κ2) is 3.51. The predicted octanol–water partition coefficient (Wildman–Crippen LogP) is -0.0679. The zero-order valence-corrected chi connectivity index (χ0v) is 4.54. The summed E-state index contributed by atoms with van der Waals surface area (Å²) < 4.78 is 0. The summed E-state index contributed by atoms with van der Waals surface area (Å²) in [6, 6.07) is 0. The standard InChI is InChI=1S/C4H4ClNO/c1-6-4(7)2-3-5/h1H3,(H,6,7). The normalized spacial score (nSPS) is 6.00. The highest BCUT2D eigenvalue weighted by molar-refractivity contribution is 6.31. The molecule has 0 rings (SSSR count). The van der Waals surface area contributed by atoms with E-state index in [4.69, 9.17) is 11.6 Å². The molecule has 0 aromatic carbocycles. The molecule has 0 fully saturated rings. The SMILES string of the molecule is CNC(=O)C#CCl. The Morgan fingerprint density at radius 1 is 1.86 bits per heavy atom.